The number of thiophene rings is 1. The number of rotatable bonds is 3. The third-order valence-electron chi connectivity index (χ3n) is 3.98. The molecule has 2 aromatic carbocycles. The first-order valence-corrected chi connectivity index (χ1v) is 8.38. The number of hydrogen-bond acceptors (Lipinski definition) is 2. The molecule has 0 bridgehead atoms. The van der Waals surface area contributed by atoms with Crippen molar-refractivity contribution in [1.82, 2.24) is 4.57 Å². The molecule has 108 valence electrons. The van der Waals surface area contributed by atoms with E-state index in [1.54, 1.807) is 11.3 Å². The normalized spacial score (nSPS) is 11.9. The highest BCUT2D eigenvalue weighted by Gasteiger charge is 2.09. The summed E-state index contributed by atoms with van der Waals surface area (Å²) in [6.07, 6.45) is 1.93. The molecule has 3 heteroatoms. The quantitative estimate of drug-likeness (QED) is 0.437. The molecule has 0 amide bonds. The van der Waals surface area contributed by atoms with Crippen LogP contribution in [0.1, 0.15) is 12.5 Å². The van der Waals surface area contributed by atoms with E-state index in [4.69, 9.17) is 0 Å². The molecule has 0 aliphatic carbocycles. The van der Waals surface area contributed by atoms with Gasteiger partial charge in [-0.25, -0.2) is 0 Å². The third-order valence-corrected chi connectivity index (χ3v) is 4.68. The summed E-state index contributed by atoms with van der Waals surface area (Å²) < 4.78 is 2.36. The summed E-state index contributed by atoms with van der Waals surface area (Å²) in [5.41, 5.74) is 4.72. The molecular formula is C19H16N2S. The Morgan fingerprint density at radius 1 is 1.05 bits per heavy atom. The molecule has 2 aromatic heterocycles. The fourth-order valence-electron chi connectivity index (χ4n) is 2.96. The molecule has 0 fully saturated rings. The number of aryl methyl sites for hydroxylation is 1. The van der Waals surface area contributed by atoms with Gasteiger partial charge in [0.25, 0.3) is 0 Å². The largest absolute Gasteiger partial charge is 0.341 e. The molecule has 0 spiro atoms. The number of para-hydroxylation sites is 1. The first kappa shape index (κ1) is 13.3. The Labute approximate surface area is 133 Å². The van der Waals surface area contributed by atoms with Crippen LogP contribution < -0.4 is 0 Å². The van der Waals surface area contributed by atoms with Crippen LogP contribution in [0.25, 0.3) is 21.8 Å². The van der Waals surface area contributed by atoms with E-state index in [1.165, 1.54) is 21.8 Å². The Hall–Kier alpha value is -2.39. The molecule has 0 atom stereocenters. The van der Waals surface area contributed by atoms with Gasteiger partial charge >= 0.3 is 0 Å². The summed E-state index contributed by atoms with van der Waals surface area (Å²) in [6, 6.07) is 17.1. The number of nitrogens with zero attached hydrogens (tertiary/aromatic N) is 2. The second-order valence-electron chi connectivity index (χ2n) is 5.28. The van der Waals surface area contributed by atoms with E-state index in [2.05, 4.69) is 75.8 Å². The standard InChI is InChI=1S/C19H16N2S/c1-2-21-18-6-4-3-5-16(18)17-11-15(7-8-19(17)21)20-12-14-9-10-22-13-14/h3-13H,2H2,1H3. The number of aliphatic imine (C=N–C) groups is 1. The molecule has 2 nitrogen and oxygen atoms in total. The SMILES string of the molecule is CCn1c2ccccc2c2cc(N=Cc3ccsc3)ccc21. The van der Waals surface area contributed by atoms with Gasteiger partial charge in [0.2, 0.25) is 0 Å². The minimum absolute atomic E-state index is 0.974. The van der Waals surface area contributed by atoms with Crippen LogP contribution in [0.2, 0.25) is 0 Å². The minimum atomic E-state index is 0.974. The smallest absolute Gasteiger partial charge is 0.0637 e. The maximum absolute atomic E-state index is 4.61. The maximum atomic E-state index is 4.61. The van der Waals surface area contributed by atoms with E-state index in [-0.39, 0.29) is 0 Å². The summed E-state index contributed by atoms with van der Waals surface area (Å²) in [5.74, 6) is 0. The summed E-state index contributed by atoms with van der Waals surface area (Å²) in [4.78, 5) is 4.61. The van der Waals surface area contributed by atoms with Crippen molar-refractivity contribution in [3.8, 4) is 0 Å². The van der Waals surface area contributed by atoms with Crippen LogP contribution in [-0.4, -0.2) is 10.8 Å². The highest BCUT2D eigenvalue weighted by atomic mass is 32.1. The predicted molar refractivity (Wildman–Crippen MR) is 96.7 cm³/mol. The zero-order valence-electron chi connectivity index (χ0n) is 12.4. The van der Waals surface area contributed by atoms with E-state index in [0.29, 0.717) is 0 Å². The van der Waals surface area contributed by atoms with Crippen LogP contribution in [0.4, 0.5) is 5.69 Å². The summed E-state index contributed by atoms with van der Waals surface area (Å²) in [7, 11) is 0. The minimum Gasteiger partial charge on any atom is -0.341 e. The van der Waals surface area contributed by atoms with Crippen molar-refractivity contribution >= 4 is 45.0 Å². The number of fused-ring (bicyclic) bond motifs is 3. The van der Waals surface area contributed by atoms with Gasteiger partial charge in [0.15, 0.2) is 0 Å². The lowest BCUT2D eigenvalue weighted by atomic mass is 10.1. The van der Waals surface area contributed by atoms with Crippen LogP contribution in [0.5, 0.6) is 0 Å². The fourth-order valence-corrected chi connectivity index (χ4v) is 3.57. The van der Waals surface area contributed by atoms with Crippen molar-refractivity contribution in [1.29, 1.82) is 0 Å². The van der Waals surface area contributed by atoms with E-state index < -0.39 is 0 Å². The summed E-state index contributed by atoms with van der Waals surface area (Å²) >= 11 is 1.69. The average molecular weight is 304 g/mol. The molecule has 0 radical (unpaired) electrons. The molecule has 2 heterocycles. The van der Waals surface area contributed by atoms with Gasteiger partial charge in [0.05, 0.1) is 5.69 Å². The number of benzene rings is 2. The zero-order valence-corrected chi connectivity index (χ0v) is 13.2. The van der Waals surface area contributed by atoms with Crippen LogP contribution in [0, 0.1) is 0 Å². The van der Waals surface area contributed by atoms with Gasteiger partial charge in [-0.1, -0.05) is 18.2 Å². The Balaban J connectivity index is 1.88. The van der Waals surface area contributed by atoms with E-state index in [0.717, 1.165) is 17.8 Å². The Bertz CT molecular complexity index is 962. The highest BCUT2D eigenvalue weighted by molar-refractivity contribution is 7.08. The van der Waals surface area contributed by atoms with Gasteiger partial charge in [-0.05, 0) is 48.0 Å². The molecule has 0 saturated carbocycles. The maximum Gasteiger partial charge on any atom is 0.0637 e. The fraction of sp³-hybridized carbons (Fsp3) is 0.105. The topological polar surface area (TPSA) is 17.3 Å². The van der Waals surface area contributed by atoms with Gasteiger partial charge in [0, 0.05) is 40.1 Å². The lowest BCUT2D eigenvalue weighted by Gasteiger charge is -2.02. The van der Waals surface area contributed by atoms with Crippen molar-refractivity contribution in [3.05, 3.63) is 64.9 Å². The predicted octanol–water partition coefficient (Wildman–Crippen LogP) is 5.63. The third kappa shape index (κ3) is 2.14. The molecule has 0 saturated heterocycles. The van der Waals surface area contributed by atoms with Gasteiger partial charge in [-0.2, -0.15) is 11.3 Å². The van der Waals surface area contributed by atoms with Gasteiger partial charge in [0.1, 0.15) is 0 Å². The lowest BCUT2D eigenvalue weighted by Crippen LogP contribution is -1.92. The van der Waals surface area contributed by atoms with E-state index >= 15 is 0 Å². The molecule has 4 rings (SSSR count). The van der Waals surface area contributed by atoms with Crippen molar-refractivity contribution in [2.75, 3.05) is 0 Å². The molecular weight excluding hydrogens is 288 g/mol. The summed E-state index contributed by atoms with van der Waals surface area (Å²) in [6.45, 7) is 3.16. The molecule has 4 aromatic rings. The van der Waals surface area contributed by atoms with Crippen molar-refractivity contribution in [2.24, 2.45) is 4.99 Å². The average Bonchev–Trinajstić information content (AvgIpc) is 3.18. The van der Waals surface area contributed by atoms with Crippen LogP contribution >= 0.6 is 11.3 Å². The molecule has 0 aliphatic rings. The van der Waals surface area contributed by atoms with Crippen LogP contribution in [-0.2, 0) is 6.54 Å². The highest BCUT2D eigenvalue weighted by Crippen LogP contribution is 2.31. The Morgan fingerprint density at radius 2 is 1.91 bits per heavy atom. The van der Waals surface area contributed by atoms with Gasteiger partial charge < -0.3 is 4.57 Å². The van der Waals surface area contributed by atoms with Crippen molar-refractivity contribution in [3.63, 3.8) is 0 Å². The van der Waals surface area contributed by atoms with Crippen LogP contribution in [0.3, 0.4) is 0 Å². The summed E-state index contributed by atoms with van der Waals surface area (Å²) in [5, 5.41) is 6.74. The van der Waals surface area contributed by atoms with Crippen LogP contribution in [0.15, 0.2) is 64.3 Å². The Kier molecular flexibility index (Phi) is 3.28. The molecule has 0 aliphatic heterocycles. The zero-order chi connectivity index (χ0) is 14.9. The second kappa shape index (κ2) is 5.43. The van der Waals surface area contributed by atoms with E-state index in [9.17, 15) is 0 Å². The molecule has 0 N–H and O–H groups in total. The second-order valence-corrected chi connectivity index (χ2v) is 6.06. The van der Waals surface area contributed by atoms with Gasteiger partial charge in [-0.15, -0.1) is 0 Å². The monoisotopic (exact) mass is 304 g/mol. The lowest BCUT2D eigenvalue weighted by molar-refractivity contribution is 0.827. The first-order chi connectivity index (χ1) is 10.9. The van der Waals surface area contributed by atoms with Crippen molar-refractivity contribution in [2.45, 2.75) is 13.5 Å². The van der Waals surface area contributed by atoms with Gasteiger partial charge in [-0.3, -0.25) is 4.99 Å². The van der Waals surface area contributed by atoms with Crippen molar-refractivity contribution < 1.29 is 0 Å². The number of hydrogen-bond donors (Lipinski definition) is 0. The molecule has 22 heavy (non-hydrogen) atoms. The Morgan fingerprint density at radius 3 is 2.73 bits per heavy atom. The molecule has 0 unspecified atom stereocenters. The van der Waals surface area contributed by atoms with E-state index in [1.807, 2.05) is 6.21 Å². The first-order valence-electron chi connectivity index (χ1n) is 7.44. The number of aromatic nitrogens is 1.